The first kappa shape index (κ1) is 11.9. The highest BCUT2D eigenvalue weighted by Crippen LogP contribution is 2.13. The molecule has 92 valence electrons. The van der Waals surface area contributed by atoms with Crippen LogP contribution in [0.2, 0.25) is 0 Å². The number of hydrogen-bond acceptors (Lipinski definition) is 4. The maximum atomic E-state index is 11.6. The third-order valence-electron chi connectivity index (χ3n) is 2.75. The van der Waals surface area contributed by atoms with Crippen molar-refractivity contribution in [2.24, 2.45) is 0 Å². The van der Waals surface area contributed by atoms with Crippen molar-refractivity contribution in [3.05, 3.63) is 29.8 Å². The van der Waals surface area contributed by atoms with Crippen LogP contribution in [0.3, 0.4) is 0 Å². The molecule has 2 N–H and O–H groups in total. The van der Waals surface area contributed by atoms with Crippen LogP contribution >= 0.6 is 0 Å². The summed E-state index contributed by atoms with van der Waals surface area (Å²) in [5.74, 6) is -0.230. The maximum absolute atomic E-state index is 11.6. The zero-order valence-electron chi connectivity index (χ0n) is 9.72. The normalized spacial score (nSPS) is 19.2. The fourth-order valence-corrected chi connectivity index (χ4v) is 1.88. The SMILES string of the molecule is Nc1cccc(CC(=O)OCC2CCCO2)c1. The second kappa shape index (κ2) is 5.68. The van der Waals surface area contributed by atoms with Gasteiger partial charge in [-0.05, 0) is 30.5 Å². The molecule has 0 radical (unpaired) electrons. The zero-order chi connectivity index (χ0) is 12.1. The van der Waals surface area contributed by atoms with E-state index in [0.717, 1.165) is 25.0 Å². The van der Waals surface area contributed by atoms with Gasteiger partial charge in [-0.15, -0.1) is 0 Å². The van der Waals surface area contributed by atoms with Crippen LogP contribution in [-0.4, -0.2) is 25.3 Å². The highest BCUT2D eigenvalue weighted by Gasteiger charge is 2.17. The lowest BCUT2D eigenvalue weighted by Crippen LogP contribution is -2.18. The number of benzene rings is 1. The number of carbonyl (C=O) groups excluding carboxylic acids is 1. The third kappa shape index (κ3) is 3.75. The Morgan fingerprint density at radius 2 is 2.41 bits per heavy atom. The van der Waals surface area contributed by atoms with E-state index in [1.54, 1.807) is 12.1 Å². The second-order valence-corrected chi connectivity index (χ2v) is 4.24. The molecule has 0 aliphatic carbocycles. The first-order valence-electron chi connectivity index (χ1n) is 5.85. The molecule has 0 saturated carbocycles. The van der Waals surface area contributed by atoms with Crippen LogP contribution in [0.4, 0.5) is 5.69 Å². The van der Waals surface area contributed by atoms with Gasteiger partial charge in [0.05, 0.1) is 12.5 Å². The van der Waals surface area contributed by atoms with Gasteiger partial charge in [0.2, 0.25) is 0 Å². The van der Waals surface area contributed by atoms with E-state index in [1.807, 2.05) is 12.1 Å². The predicted molar refractivity (Wildman–Crippen MR) is 64.5 cm³/mol. The summed E-state index contributed by atoms with van der Waals surface area (Å²) in [4.78, 5) is 11.6. The Bertz CT molecular complexity index is 386. The van der Waals surface area contributed by atoms with Crippen molar-refractivity contribution in [3.63, 3.8) is 0 Å². The first-order chi connectivity index (χ1) is 8.24. The van der Waals surface area contributed by atoms with Gasteiger partial charge in [-0.3, -0.25) is 4.79 Å². The molecule has 1 fully saturated rings. The molecule has 1 aromatic carbocycles. The van der Waals surface area contributed by atoms with E-state index in [2.05, 4.69) is 0 Å². The van der Waals surface area contributed by atoms with Crippen molar-refractivity contribution in [2.45, 2.75) is 25.4 Å². The maximum Gasteiger partial charge on any atom is 0.310 e. The molecule has 1 aliphatic heterocycles. The molecule has 1 saturated heterocycles. The van der Waals surface area contributed by atoms with Gasteiger partial charge in [-0.25, -0.2) is 0 Å². The molecular formula is C13H17NO3. The molecule has 0 bridgehead atoms. The fraction of sp³-hybridized carbons (Fsp3) is 0.462. The van der Waals surface area contributed by atoms with Crippen LogP contribution in [0.15, 0.2) is 24.3 Å². The lowest BCUT2D eigenvalue weighted by atomic mass is 10.1. The van der Waals surface area contributed by atoms with E-state index < -0.39 is 0 Å². The number of esters is 1. The van der Waals surface area contributed by atoms with Crippen LogP contribution in [0.1, 0.15) is 18.4 Å². The van der Waals surface area contributed by atoms with E-state index in [1.165, 1.54) is 0 Å². The van der Waals surface area contributed by atoms with Crippen molar-refractivity contribution in [2.75, 3.05) is 18.9 Å². The van der Waals surface area contributed by atoms with Crippen LogP contribution in [-0.2, 0) is 20.7 Å². The molecule has 1 unspecified atom stereocenters. The fourth-order valence-electron chi connectivity index (χ4n) is 1.88. The van der Waals surface area contributed by atoms with E-state index in [4.69, 9.17) is 15.2 Å². The predicted octanol–water partition coefficient (Wildman–Crippen LogP) is 1.53. The largest absolute Gasteiger partial charge is 0.463 e. The highest BCUT2D eigenvalue weighted by atomic mass is 16.6. The molecule has 0 amide bonds. The van der Waals surface area contributed by atoms with Crippen molar-refractivity contribution >= 4 is 11.7 Å². The van der Waals surface area contributed by atoms with Crippen molar-refractivity contribution < 1.29 is 14.3 Å². The lowest BCUT2D eigenvalue weighted by Gasteiger charge is -2.10. The van der Waals surface area contributed by atoms with Gasteiger partial charge in [-0.2, -0.15) is 0 Å². The smallest absolute Gasteiger partial charge is 0.310 e. The molecule has 1 aliphatic rings. The molecule has 1 heterocycles. The molecule has 1 aromatic rings. The summed E-state index contributed by atoms with van der Waals surface area (Å²) >= 11 is 0. The number of nitrogen functional groups attached to an aromatic ring is 1. The zero-order valence-corrected chi connectivity index (χ0v) is 9.72. The number of ether oxygens (including phenoxy) is 2. The van der Waals surface area contributed by atoms with E-state index in [-0.39, 0.29) is 18.5 Å². The summed E-state index contributed by atoms with van der Waals surface area (Å²) in [5, 5.41) is 0. The topological polar surface area (TPSA) is 61.6 Å². The summed E-state index contributed by atoms with van der Waals surface area (Å²) in [6.07, 6.45) is 2.38. The minimum Gasteiger partial charge on any atom is -0.463 e. The quantitative estimate of drug-likeness (QED) is 0.635. The summed E-state index contributed by atoms with van der Waals surface area (Å²) < 4.78 is 10.5. The summed E-state index contributed by atoms with van der Waals surface area (Å²) in [5.41, 5.74) is 7.17. The van der Waals surface area contributed by atoms with Crippen LogP contribution in [0.25, 0.3) is 0 Å². The van der Waals surface area contributed by atoms with Gasteiger partial charge in [0.1, 0.15) is 6.61 Å². The van der Waals surface area contributed by atoms with Crippen LogP contribution in [0.5, 0.6) is 0 Å². The average molecular weight is 235 g/mol. The number of anilines is 1. The molecule has 17 heavy (non-hydrogen) atoms. The van der Waals surface area contributed by atoms with Crippen molar-refractivity contribution in [1.82, 2.24) is 0 Å². The van der Waals surface area contributed by atoms with Gasteiger partial charge in [-0.1, -0.05) is 12.1 Å². The summed E-state index contributed by atoms with van der Waals surface area (Å²) in [6, 6.07) is 7.27. The third-order valence-corrected chi connectivity index (χ3v) is 2.75. The van der Waals surface area contributed by atoms with Gasteiger partial charge < -0.3 is 15.2 Å². The van der Waals surface area contributed by atoms with Crippen LogP contribution in [0, 0.1) is 0 Å². The molecule has 2 rings (SSSR count). The molecule has 0 aromatic heterocycles. The Labute approximate surface area is 101 Å². The van der Waals surface area contributed by atoms with E-state index in [9.17, 15) is 4.79 Å². The minimum atomic E-state index is -0.230. The number of hydrogen-bond donors (Lipinski definition) is 1. The van der Waals surface area contributed by atoms with Gasteiger partial charge in [0.15, 0.2) is 0 Å². The lowest BCUT2D eigenvalue weighted by molar-refractivity contribution is -0.146. The van der Waals surface area contributed by atoms with Gasteiger partial charge in [0.25, 0.3) is 0 Å². The molecule has 4 heteroatoms. The first-order valence-corrected chi connectivity index (χ1v) is 5.85. The Hall–Kier alpha value is -1.55. The molecule has 4 nitrogen and oxygen atoms in total. The standard InChI is InChI=1S/C13H17NO3/c14-11-4-1-3-10(7-11)8-13(15)17-9-12-5-2-6-16-12/h1,3-4,7,12H,2,5-6,8-9,14H2. The Balaban J connectivity index is 1.76. The van der Waals surface area contributed by atoms with Crippen molar-refractivity contribution in [1.29, 1.82) is 0 Å². The Kier molecular flexibility index (Phi) is 3.98. The Morgan fingerprint density at radius 1 is 1.53 bits per heavy atom. The highest BCUT2D eigenvalue weighted by molar-refractivity contribution is 5.73. The average Bonchev–Trinajstić information content (AvgIpc) is 2.79. The Morgan fingerprint density at radius 3 is 3.12 bits per heavy atom. The minimum absolute atomic E-state index is 0.0831. The van der Waals surface area contributed by atoms with E-state index >= 15 is 0 Å². The number of rotatable bonds is 4. The monoisotopic (exact) mass is 235 g/mol. The van der Waals surface area contributed by atoms with Gasteiger partial charge in [0, 0.05) is 12.3 Å². The van der Waals surface area contributed by atoms with E-state index in [0.29, 0.717) is 12.3 Å². The molecule has 0 spiro atoms. The number of nitrogens with two attached hydrogens (primary N) is 1. The molecular weight excluding hydrogens is 218 g/mol. The molecule has 1 atom stereocenters. The summed E-state index contributed by atoms with van der Waals surface area (Å²) in [7, 11) is 0. The number of carbonyl (C=O) groups is 1. The van der Waals surface area contributed by atoms with Crippen LogP contribution < -0.4 is 5.73 Å². The van der Waals surface area contributed by atoms with Crippen molar-refractivity contribution in [3.8, 4) is 0 Å². The second-order valence-electron chi connectivity index (χ2n) is 4.24. The van der Waals surface area contributed by atoms with Gasteiger partial charge >= 0.3 is 5.97 Å². The summed E-state index contributed by atoms with van der Waals surface area (Å²) in [6.45, 7) is 1.14.